The van der Waals surface area contributed by atoms with Crippen LogP contribution in [0.1, 0.15) is 24.3 Å². The van der Waals surface area contributed by atoms with Crippen LogP contribution in [-0.2, 0) is 7.05 Å². The molecular weight excluding hydrogens is 263 g/mol. The standard InChI is InChI=1S/C11H16Cl2N2O2/c1-6(2)8(5-16)14-11(17)9-4-7(12)10(13)15(9)3/h4,6,8,16H,5H2,1-3H3,(H,14,17)/t8-/m1/s1. The first kappa shape index (κ1) is 14.4. The molecule has 0 aliphatic heterocycles. The van der Waals surface area contributed by atoms with Crippen molar-refractivity contribution in [2.45, 2.75) is 19.9 Å². The van der Waals surface area contributed by atoms with Crippen LogP contribution in [0.15, 0.2) is 6.07 Å². The van der Waals surface area contributed by atoms with Gasteiger partial charge in [0.25, 0.3) is 5.91 Å². The Bertz CT molecular complexity index is 416. The molecule has 0 saturated carbocycles. The van der Waals surface area contributed by atoms with Crippen LogP contribution in [-0.4, -0.2) is 28.2 Å². The molecule has 1 atom stereocenters. The van der Waals surface area contributed by atoms with Crippen LogP contribution < -0.4 is 5.32 Å². The van der Waals surface area contributed by atoms with Crippen LogP contribution in [0, 0.1) is 5.92 Å². The molecule has 0 spiro atoms. The normalized spacial score (nSPS) is 12.9. The summed E-state index contributed by atoms with van der Waals surface area (Å²) in [7, 11) is 1.66. The van der Waals surface area contributed by atoms with Crippen LogP contribution in [0.2, 0.25) is 10.2 Å². The molecule has 1 aromatic heterocycles. The Morgan fingerprint density at radius 3 is 2.47 bits per heavy atom. The molecule has 6 heteroatoms. The van der Waals surface area contributed by atoms with Gasteiger partial charge in [0, 0.05) is 7.05 Å². The van der Waals surface area contributed by atoms with Gasteiger partial charge >= 0.3 is 0 Å². The van der Waals surface area contributed by atoms with Gasteiger partial charge < -0.3 is 15.0 Å². The fraction of sp³-hybridized carbons (Fsp3) is 0.545. The molecule has 0 aliphatic rings. The summed E-state index contributed by atoms with van der Waals surface area (Å²) < 4.78 is 1.51. The quantitative estimate of drug-likeness (QED) is 0.886. The summed E-state index contributed by atoms with van der Waals surface area (Å²) >= 11 is 11.7. The first-order valence-corrected chi connectivity index (χ1v) is 6.06. The first-order valence-electron chi connectivity index (χ1n) is 5.31. The van der Waals surface area contributed by atoms with Crippen LogP contribution in [0.3, 0.4) is 0 Å². The number of nitrogens with one attached hydrogen (secondary N) is 1. The van der Waals surface area contributed by atoms with E-state index in [1.54, 1.807) is 7.05 Å². The van der Waals surface area contributed by atoms with E-state index in [4.69, 9.17) is 28.3 Å². The topological polar surface area (TPSA) is 54.3 Å². The van der Waals surface area contributed by atoms with E-state index in [2.05, 4.69) is 5.32 Å². The number of hydrogen-bond acceptors (Lipinski definition) is 2. The van der Waals surface area contributed by atoms with Crippen LogP contribution >= 0.6 is 23.2 Å². The highest BCUT2D eigenvalue weighted by Gasteiger charge is 2.20. The van der Waals surface area contributed by atoms with E-state index in [-0.39, 0.29) is 24.5 Å². The van der Waals surface area contributed by atoms with E-state index in [1.165, 1.54) is 10.6 Å². The molecule has 1 heterocycles. The summed E-state index contributed by atoms with van der Waals surface area (Å²) in [6.07, 6.45) is 0. The molecular formula is C11H16Cl2N2O2. The van der Waals surface area contributed by atoms with Crippen molar-refractivity contribution in [2.24, 2.45) is 13.0 Å². The molecule has 4 nitrogen and oxygen atoms in total. The second-order valence-electron chi connectivity index (χ2n) is 4.23. The van der Waals surface area contributed by atoms with Crippen molar-refractivity contribution in [1.82, 2.24) is 9.88 Å². The third-order valence-corrected chi connectivity index (χ3v) is 3.51. The van der Waals surface area contributed by atoms with E-state index in [0.29, 0.717) is 15.9 Å². The van der Waals surface area contributed by atoms with Crippen molar-refractivity contribution in [3.05, 3.63) is 21.9 Å². The molecule has 0 bridgehead atoms. The van der Waals surface area contributed by atoms with Crippen molar-refractivity contribution in [3.63, 3.8) is 0 Å². The Morgan fingerprint density at radius 2 is 2.12 bits per heavy atom. The summed E-state index contributed by atoms with van der Waals surface area (Å²) in [4.78, 5) is 11.9. The average Bonchev–Trinajstić information content (AvgIpc) is 2.53. The van der Waals surface area contributed by atoms with Gasteiger partial charge in [-0.3, -0.25) is 4.79 Å². The van der Waals surface area contributed by atoms with E-state index >= 15 is 0 Å². The molecule has 0 saturated heterocycles. The van der Waals surface area contributed by atoms with Crippen molar-refractivity contribution in [1.29, 1.82) is 0 Å². The van der Waals surface area contributed by atoms with Gasteiger partial charge in [0.05, 0.1) is 17.7 Å². The molecule has 1 aromatic rings. The lowest BCUT2D eigenvalue weighted by molar-refractivity contribution is 0.0888. The minimum atomic E-state index is -0.297. The molecule has 2 N–H and O–H groups in total. The summed E-state index contributed by atoms with van der Waals surface area (Å²) in [5, 5.41) is 12.5. The second-order valence-corrected chi connectivity index (χ2v) is 5.00. The Labute approximate surface area is 111 Å². The number of aromatic nitrogens is 1. The van der Waals surface area contributed by atoms with Gasteiger partial charge in [-0.15, -0.1) is 0 Å². The van der Waals surface area contributed by atoms with Gasteiger partial charge in [-0.1, -0.05) is 37.0 Å². The molecule has 1 rings (SSSR count). The minimum Gasteiger partial charge on any atom is -0.394 e. The summed E-state index contributed by atoms with van der Waals surface area (Å²) in [6, 6.07) is 1.23. The number of carbonyl (C=O) groups is 1. The Kier molecular flexibility index (Phi) is 4.86. The number of halogens is 2. The third-order valence-electron chi connectivity index (χ3n) is 2.67. The highest BCUT2D eigenvalue weighted by atomic mass is 35.5. The van der Waals surface area contributed by atoms with Gasteiger partial charge in [0.1, 0.15) is 10.8 Å². The summed E-state index contributed by atoms with van der Waals surface area (Å²) in [5.41, 5.74) is 0.374. The Balaban J connectivity index is 2.86. The van der Waals surface area contributed by atoms with Gasteiger partial charge in [-0.05, 0) is 12.0 Å². The van der Waals surface area contributed by atoms with Gasteiger partial charge in [-0.2, -0.15) is 0 Å². The van der Waals surface area contributed by atoms with Crippen LogP contribution in [0.25, 0.3) is 0 Å². The lowest BCUT2D eigenvalue weighted by Gasteiger charge is -2.19. The van der Waals surface area contributed by atoms with Crippen LogP contribution in [0.5, 0.6) is 0 Å². The maximum atomic E-state index is 11.9. The first-order chi connectivity index (χ1) is 7.88. The predicted octanol–water partition coefficient (Wildman–Crippen LogP) is 2.08. The monoisotopic (exact) mass is 278 g/mol. The summed E-state index contributed by atoms with van der Waals surface area (Å²) in [6.45, 7) is 3.74. The zero-order valence-electron chi connectivity index (χ0n) is 10.00. The third kappa shape index (κ3) is 3.15. The fourth-order valence-electron chi connectivity index (χ4n) is 1.43. The fourth-order valence-corrected chi connectivity index (χ4v) is 1.80. The predicted molar refractivity (Wildman–Crippen MR) is 68.6 cm³/mol. The largest absolute Gasteiger partial charge is 0.394 e. The number of amides is 1. The van der Waals surface area contributed by atoms with Crippen molar-refractivity contribution >= 4 is 29.1 Å². The van der Waals surface area contributed by atoms with Gasteiger partial charge in [0.2, 0.25) is 0 Å². The number of aliphatic hydroxyl groups is 1. The Morgan fingerprint density at radius 1 is 1.53 bits per heavy atom. The number of aliphatic hydroxyl groups excluding tert-OH is 1. The van der Waals surface area contributed by atoms with Gasteiger partial charge in [0.15, 0.2) is 0 Å². The molecule has 0 aromatic carbocycles. The molecule has 0 aliphatic carbocycles. The number of hydrogen-bond donors (Lipinski definition) is 2. The second kappa shape index (κ2) is 5.76. The SMILES string of the molecule is CC(C)[C@@H](CO)NC(=O)c1cc(Cl)c(Cl)n1C. The maximum Gasteiger partial charge on any atom is 0.268 e. The number of nitrogens with zero attached hydrogens (tertiary/aromatic N) is 1. The summed E-state index contributed by atoms with van der Waals surface area (Å²) in [5.74, 6) is -0.149. The van der Waals surface area contributed by atoms with E-state index < -0.39 is 0 Å². The molecule has 96 valence electrons. The maximum absolute atomic E-state index is 11.9. The lowest BCUT2D eigenvalue weighted by Crippen LogP contribution is -2.41. The van der Waals surface area contributed by atoms with Crippen molar-refractivity contribution in [3.8, 4) is 0 Å². The molecule has 0 radical (unpaired) electrons. The van der Waals surface area contributed by atoms with Crippen molar-refractivity contribution in [2.75, 3.05) is 6.61 Å². The van der Waals surface area contributed by atoms with E-state index in [0.717, 1.165) is 0 Å². The number of rotatable bonds is 4. The van der Waals surface area contributed by atoms with Crippen LogP contribution in [0.4, 0.5) is 0 Å². The van der Waals surface area contributed by atoms with Crippen molar-refractivity contribution < 1.29 is 9.90 Å². The smallest absolute Gasteiger partial charge is 0.268 e. The molecule has 17 heavy (non-hydrogen) atoms. The molecule has 0 fully saturated rings. The average molecular weight is 279 g/mol. The van der Waals surface area contributed by atoms with E-state index in [1.807, 2.05) is 13.8 Å². The Hall–Kier alpha value is -0.710. The molecule has 0 unspecified atom stereocenters. The lowest BCUT2D eigenvalue weighted by atomic mass is 10.1. The minimum absolute atomic E-state index is 0.102. The molecule has 1 amide bonds. The van der Waals surface area contributed by atoms with Gasteiger partial charge in [-0.25, -0.2) is 0 Å². The zero-order valence-corrected chi connectivity index (χ0v) is 11.5. The van der Waals surface area contributed by atoms with E-state index in [9.17, 15) is 4.79 Å². The highest BCUT2D eigenvalue weighted by Crippen LogP contribution is 2.25. The number of carbonyl (C=O) groups excluding carboxylic acids is 1. The highest BCUT2D eigenvalue weighted by molar-refractivity contribution is 6.41. The zero-order chi connectivity index (χ0) is 13.2.